The highest BCUT2D eigenvalue weighted by Crippen LogP contribution is 2.22. The van der Waals surface area contributed by atoms with Gasteiger partial charge in [0.1, 0.15) is 11.9 Å². The molecule has 1 aromatic carbocycles. The molecule has 2 atom stereocenters. The van der Waals surface area contributed by atoms with Gasteiger partial charge in [0, 0.05) is 12.0 Å². The van der Waals surface area contributed by atoms with Crippen molar-refractivity contribution < 1.29 is 9.23 Å². The Hall–Kier alpha value is -1.09. The van der Waals surface area contributed by atoms with E-state index in [1.54, 1.807) is 13.0 Å². The number of hydrogen-bond acceptors (Lipinski definition) is 2. The maximum atomic E-state index is 13.4. The van der Waals surface area contributed by atoms with E-state index in [0.29, 0.717) is 12.0 Å². The van der Waals surface area contributed by atoms with Gasteiger partial charge in [-0.1, -0.05) is 17.3 Å². The Morgan fingerprint density at radius 2 is 2.31 bits per heavy atom. The van der Waals surface area contributed by atoms with Gasteiger partial charge in [0.05, 0.1) is 11.1 Å². The first-order valence-corrected chi connectivity index (χ1v) is 5.65. The van der Waals surface area contributed by atoms with E-state index in [9.17, 15) is 4.39 Å². The number of nitrogens with zero attached hydrogens (tertiary/aromatic N) is 1. The number of hydrogen-bond donors (Lipinski definition) is 0. The summed E-state index contributed by atoms with van der Waals surface area (Å²) in [6.45, 7) is 3.59. The van der Waals surface area contributed by atoms with Crippen LogP contribution >= 0.6 is 11.6 Å². The Morgan fingerprint density at radius 1 is 1.56 bits per heavy atom. The molecule has 1 aliphatic rings. The second kappa shape index (κ2) is 4.42. The molecule has 0 amide bonds. The predicted octanol–water partition coefficient (Wildman–Crippen LogP) is 3.25. The molecule has 0 aromatic heterocycles. The van der Waals surface area contributed by atoms with Crippen LogP contribution in [0.4, 0.5) is 4.39 Å². The normalized spacial score (nSPS) is 21.5. The summed E-state index contributed by atoms with van der Waals surface area (Å²) in [5.41, 5.74) is 2.16. The van der Waals surface area contributed by atoms with Gasteiger partial charge in [-0.25, -0.2) is 4.39 Å². The van der Waals surface area contributed by atoms with E-state index in [4.69, 9.17) is 16.4 Å². The molecule has 1 aromatic rings. The van der Waals surface area contributed by atoms with Crippen LogP contribution in [0.2, 0.25) is 0 Å². The summed E-state index contributed by atoms with van der Waals surface area (Å²) in [6, 6.07) is 5.07. The van der Waals surface area contributed by atoms with Crippen LogP contribution in [0.3, 0.4) is 0 Å². The molecule has 0 bridgehead atoms. The monoisotopic (exact) mass is 241 g/mol. The largest absolute Gasteiger partial charge is 0.390 e. The van der Waals surface area contributed by atoms with E-state index < -0.39 is 0 Å². The zero-order chi connectivity index (χ0) is 11.7. The first-order chi connectivity index (χ1) is 7.58. The van der Waals surface area contributed by atoms with Crippen molar-refractivity contribution in [3.63, 3.8) is 0 Å². The number of halogens is 2. The maximum Gasteiger partial charge on any atom is 0.149 e. The lowest BCUT2D eigenvalue weighted by Crippen LogP contribution is -2.18. The van der Waals surface area contributed by atoms with E-state index in [-0.39, 0.29) is 17.3 Å². The molecule has 2 unspecified atom stereocenters. The summed E-state index contributed by atoms with van der Waals surface area (Å²) >= 11 is 5.92. The Morgan fingerprint density at radius 3 is 2.88 bits per heavy atom. The maximum absolute atomic E-state index is 13.4. The molecule has 0 radical (unpaired) electrons. The lowest BCUT2D eigenvalue weighted by Gasteiger charge is -2.09. The fraction of sp³-hybridized carbons (Fsp3) is 0.417. The molecule has 2 nitrogen and oxygen atoms in total. The minimum Gasteiger partial charge on any atom is -0.390 e. The third kappa shape index (κ3) is 2.19. The van der Waals surface area contributed by atoms with Gasteiger partial charge < -0.3 is 4.84 Å². The fourth-order valence-corrected chi connectivity index (χ4v) is 1.72. The van der Waals surface area contributed by atoms with Crippen molar-refractivity contribution in [3.8, 4) is 0 Å². The lowest BCUT2D eigenvalue weighted by atomic mass is 10.0. The van der Waals surface area contributed by atoms with E-state index in [1.165, 1.54) is 6.07 Å². The minimum atomic E-state index is -0.220. The number of benzene rings is 1. The van der Waals surface area contributed by atoms with Crippen molar-refractivity contribution in [3.05, 3.63) is 35.1 Å². The first kappa shape index (κ1) is 11.4. The Labute approximate surface area is 99.0 Å². The molecule has 2 rings (SSSR count). The molecule has 16 heavy (non-hydrogen) atoms. The molecule has 0 N–H and O–H groups in total. The smallest absolute Gasteiger partial charge is 0.149 e. The van der Waals surface area contributed by atoms with Crippen LogP contribution in [-0.2, 0) is 4.84 Å². The standard InChI is InChI=1S/C12H13ClFNO/c1-7-3-4-9(5-10(7)14)11-6-12(8(2)13)16-15-11/h3-5,8,12H,6H2,1-2H3. The Balaban J connectivity index is 2.18. The quantitative estimate of drug-likeness (QED) is 0.729. The summed E-state index contributed by atoms with van der Waals surface area (Å²) in [7, 11) is 0. The number of oxime groups is 1. The molecule has 0 aliphatic carbocycles. The third-order valence-corrected chi connectivity index (χ3v) is 2.99. The molecule has 0 spiro atoms. The van der Waals surface area contributed by atoms with Crippen molar-refractivity contribution >= 4 is 17.3 Å². The van der Waals surface area contributed by atoms with Crippen LogP contribution in [-0.4, -0.2) is 17.2 Å². The molecular weight excluding hydrogens is 229 g/mol. The molecular formula is C12H13ClFNO. The van der Waals surface area contributed by atoms with Gasteiger partial charge in [-0.3, -0.25) is 0 Å². The molecule has 86 valence electrons. The zero-order valence-corrected chi connectivity index (χ0v) is 9.96. The highest BCUT2D eigenvalue weighted by Gasteiger charge is 2.26. The molecule has 4 heteroatoms. The number of alkyl halides is 1. The van der Waals surface area contributed by atoms with Gasteiger partial charge in [-0.2, -0.15) is 0 Å². The second-order valence-corrected chi connectivity index (χ2v) is 4.72. The van der Waals surface area contributed by atoms with Crippen molar-refractivity contribution in [2.75, 3.05) is 0 Å². The van der Waals surface area contributed by atoms with Gasteiger partial charge in [0.2, 0.25) is 0 Å². The number of rotatable bonds is 2. The van der Waals surface area contributed by atoms with Crippen molar-refractivity contribution in [2.45, 2.75) is 31.7 Å². The lowest BCUT2D eigenvalue weighted by molar-refractivity contribution is 0.0855. The average molecular weight is 242 g/mol. The molecule has 0 fully saturated rings. The summed E-state index contributed by atoms with van der Waals surface area (Å²) in [5.74, 6) is -0.220. The third-order valence-electron chi connectivity index (χ3n) is 2.71. The highest BCUT2D eigenvalue weighted by molar-refractivity contribution is 6.21. The summed E-state index contributed by atoms with van der Waals surface area (Å²) in [5, 5.41) is 3.84. The van der Waals surface area contributed by atoms with Crippen molar-refractivity contribution in [2.24, 2.45) is 5.16 Å². The summed E-state index contributed by atoms with van der Waals surface area (Å²) in [4.78, 5) is 5.19. The van der Waals surface area contributed by atoms with Gasteiger partial charge in [-0.15, -0.1) is 11.6 Å². The van der Waals surface area contributed by atoms with Gasteiger partial charge in [-0.05, 0) is 25.5 Å². The van der Waals surface area contributed by atoms with Crippen LogP contribution in [0.15, 0.2) is 23.4 Å². The molecule has 1 aliphatic heterocycles. The first-order valence-electron chi connectivity index (χ1n) is 5.21. The Bertz CT molecular complexity index is 431. The van der Waals surface area contributed by atoms with Crippen LogP contribution in [0.25, 0.3) is 0 Å². The van der Waals surface area contributed by atoms with Crippen LogP contribution in [0, 0.1) is 12.7 Å². The molecule has 0 saturated heterocycles. The fourth-order valence-electron chi connectivity index (χ4n) is 1.59. The van der Waals surface area contributed by atoms with Crippen LogP contribution < -0.4 is 0 Å². The molecule has 1 heterocycles. The van der Waals surface area contributed by atoms with Gasteiger partial charge in [0.15, 0.2) is 0 Å². The van der Waals surface area contributed by atoms with Crippen molar-refractivity contribution in [1.82, 2.24) is 0 Å². The summed E-state index contributed by atoms with van der Waals surface area (Å²) < 4.78 is 13.4. The average Bonchev–Trinajstić information content (AvgIpc) is 2.71. The van der Waals surface area contributed by atoms with E-state index in [0.717, 1.165) is 11.3 Å². The second-order valence-electron chi connectivity index (χ2n) is 4.03. The van der Waals surface area contributed by atoms with E-state index in [2.05, 4.69) is 5.16 Å². The SMILES string of the molecule is Cc1ccc(C2=NOC(C(C)Cl)C2)cc1F. The van der Waals surface area contributed by atoms with Gasteiger partial charge >= 0.3 is 0 Å². The predicted molar refractivity (Wildman–Crippen MR) is 62.5 cm³/mol. The summed E-state index contributed by atoms with van der Waals surface area (Å²) in [6.07, 6.45) is 0.522. The van der Waals surface area contributed by atoms with Crippen molar-refractivity contribution in [1.29, 1.82) is 0 Å². The van der Waals surface area contributed by atoms with Crippen LogP contribution in [0.1, 0.15) is 24.5 Å². The zero-order valence-electron chi connectivity index (χ0n) is 9.21. The highest BCUT2D eigenvalue weighted by atomic mass is 35.5. The van der Waals surface area contributed by atoms with E-state index >= 15 is 0 Å². The van der Waals surface area contributed by atoms with Gasteiger partial charge in [0.25, 0.3) is 0 Å². The number of aryl methyl sites for hydroxylation is 1. The van der Waals surface area contributed by atoms with E-state index in [1.807, 2.05) is 13.0 Å². The van der Waals surface area contributed by atoms with Crippen LogP contribution in [0.5, 0.6) is 0 Å². The topological polar surface area (TPSA) is 21.6 Å². The molecule has 0 saturated carbocycles. The minimum absolute atomic E-state index is 0.100. The Kier molecular flexibility index (Phi) is 3.15.